The molecule has 13 heteroatoms. The number of nitrogens with one attached hydrogen (secondary N) is 2. The number of benzene rings is 1. The van der Waals surface area contributed by atoms with Crippen LogP contribution in [-0.2, 0) is 10.0 Å². The van der Waals surface area contributed by atoms with Gasteiger partial charge in [-0.25, -0.2) is 22.2 Å². The number of aryl methyl sites for hydroxylation is 1. The second-order valence-electron chi connectivity index (χ2n) is 10.5. The summed E-state index contributed by atoms with van der Waals surface area (Å²) in [6.45, 7) is 6.93. The van der Waals surface area contributed by atoms with E-state index in [1.807, 2.05) is 0 Å². The van der Waals surface area contributed by atoms with Gasteiger partial charge in [0, 0.05) is 50.8 Å². The van der Waals surface area contributed by atoms with Gasteiger partial charge in [-0.1, -0.05) is 11.1 Å². The monoisotopic (exact) mass is 578 g/mol. The van der Waals surface area contributed by atoms with E-state index < -0.39 is 34.2 Å². The number of piperidine rings is 2. The normalized spacial score (nSPS) is 17.5. The van der Waals surface area contributed by atoms with Crippen molar-refractivity contribution in [1.82, 2.24) is 9.97 Å². The summed E-state index contributed by atoms with van der Waals surface area (Å²) in [7, 11) is -3.76. The minimum Gasteiger partial charge on any atom is -0.395 e. The van der Waals surface area contributed by atoms with E-state index in [9.17, 15) is 22.0 Å². The molecule has 3 heterocycles. The molecule has 0 spiro atoms. The zero-order chi connectivity index (χ0) is 29.1. The number of carbonyl (C=O) groups is 1. The van der Waals surface area contributed by atoms with Gasteiger partial charge in [0.1, 0.15) is 5.82 Å². The van der Waals surface area contributed by atoms with Gasteiger partial charge in [0.25, 0.3) is 11.8 Å². The summed E-state index contributed by atoms with van der Waals surface area (Å²) >= 11 is 0. The Kier molecular flexibility index (Phi) is 8.93. The third-order valence-corrected chi connectivity index (χ3v) is 8.42. The highest BCUT2D eigenvalue weighted by Gasteiger charge is 2.35. The highest BCUT2D eigenvalue weighted by Crippen LogP contribution is 2.32. The van der Waals surface area contributed by atoms with Crippen molar-refractivity contribution < 1.29 is 27.1 Å². The Morgan fingerprint density at radius 2 is 1.73 bits per heavy atom. The fraction of sp³-hybridized carbons (Fsp3) is 0.519. The maximum Gasteiger partial charge on any atom is 0.258 e. The second kappa shape index (κ2) is 12.0. The Balaban J connectivity index is 1.60. The van der Waals surface area contributed by atoms with E-state index in [2.05, 4.69) is 38.8 Å². The maximum absolute atomic E-state index is 13.6. The Labute approximate surface area is 233 Å². The molecule has 1 amide bonds. The van der Waals surface area contributed by atoms with Crippen molar-refractivity contribution in [3.05, 3.63) is 46.7 Å². The number of aliphatic hydroxyl groups is 1. The third-order valence-electron chi connectivity index (χ3n) is 7.15. The molecule has 0 bridgehead atoms. The van der Waals surface area contributed by atoms with Gasteiger partial charge in [-0.2, -0.15) is 4.98 Å². The van der Waals surface area contributed by atoms with E-state index in [4.69, 9.17) is 5.11 Å². The predicted molar refractivity (Wildman–Crippen MR) is 152 cm³/mol. The molecule has 2 aliphatic heterocycles. The SMILES string of the molecule is CC(C)=C1CCN(c2cc(NS(=O)(=O)CCO)ccc2C(=O)Nc2cc(C)nc(N3CCC(F)(F)CC3)n2)CC1. The Morgan fingerprint density at radius 3 is 2.35 bits per heavy atom. The van der Waals surface area contributed by atoms with Crippen LogP contribution in [0.15, 0.2) is 35.4 Å². The standard InChI is InChI=1S/C27H36F2N6O4S/c1-18(2)20-6-10-34(11-7-20)23-17-21(33-40(38,39)15-14-36)4-5-22(23)25(37)31-24-16-19(3)30-26(32-24)35-12-8-27(28,29)9-13-35/h4-5,16-17,33,36H,6-15H2,1-3H3,(H,30,31,32,37). The number of halogens is 2. The van der Waals surface area contributed by atoms with Crippen molar-refractivity contribution in [2.24, 2.45) is 0 Å². The molecule has 0 atom stereocenters. The molecule has 2 saturated heterocycles. The minimum absolute atomic E-state index is 0.115. The molecule has 3 N–H and O–H groups in total. The summed E-state index contributed by atoms with van der Waals surface area (Å²) in [5.41, 5.74) is 4.41. The van der Waals surface area contributed by atoms with Crippen molar-refractivity contribution in [3.8, 4) is 0 Å². The molecule has 0 radical (unpaired) electrons. The van der Waals surface area contributed by atoms with E-state index >= 15 is 0 Å². The lowest BCUT2D eigenvalue weighted by Crippen LogP contribution is -2.40. The molecular formula is C27H36F2N6O4S. The largest absolute Gasteiger partial charge is 0.395 e. The summed E-state index contributed by atoms with van der Waals surface area (Å²) in [6.07, 6.45) is 1.09. The fourth-order valence-electron chi connectivity index (χ4n) is 4.89. The lowest BCUT2D eigenvalue weighted by atomic mass is 9.98. The molecule has 1 aromatic heterocycles. The summed E-state index contributed by atoms with van der Waals surface area (Å²) in [4.78, 5) is 26.1. The maximum atomic E-state index is 13.6. The topological polar surface area (TPSA) is 128 Å². The van der Waals surface area contributed by atoms with Gasteiger partial charge >= 0.3 is 0 Å². The molecule has 2 aliphatic rings. The number of anilines is 4. The van der Waals surface area contributed by atoms with Gasteiger partial charge in [0.15, 0.2) is 0 Å². The number of hydrogen-bond donors (Lipinski definition) is 3. The van der Waals surface area contributed by atoms with Crippen LogP contribution in [0.2, 0.25) is 0 Å². The molecule has 1 aromatic carbocycles. The number of nitrogens with zero attached hydrogens (tertiary/aromatic N) is 4. The molecule has 10 nitrogen and oxygen atoms in total. The summed E-state index contributed by atoms with van der Waals surface area (Å²) < 4.78 is 54.3. The molecular weight excluding hydrogens is 542 g/mol. The van der Waals surface area contributed by atoms with Gasteiger partial charge in [-0.05, 0) is 51.8 Å². The zero-order valence-electron chi connectivity index (χ0n) is 23.0. The number of alkyl halides is 2. The van der Waals surface area contributed by atoms with Gasteiger partial charge in [0.05, 0.1) is 29.3 Å². The van der Waals surface area contributed by atoms with Crippen LogP contribution in [0.25, 0.3) is 0 Å². The van der Waals surface area contributed by atoms with E-state index in [0.29, 0.717) is 30.0 Å². The molecule has 0 aliphatic carbocycles. The molecule has 4 rings (SSSR count). The van der Waals surface area contributed by atoms with Crippen molar-refractivity contribution in [2.75, 3.05) is 58.4 Å². The van der Waals surface area contributed by atoms with Crippen LogP contribution >= 0.6 is 0 Å². The van der Waals surface area contributed by atoms with Crippen LogP contribution in [0.1, 0.15) is 55.6 Å². The first kappa shape index (κ1) is 29.7. The summed E-state index contributed by atoms with van der Waals surface area (Å²) in [5.74, 6) is -3.06. The van der Waals surface area contributed by atoms with Gasteiger partial charge in [0.2, 0.25) is 16.0 Å². The number of allylic oxidation sites excluding steroid dienone is 1. The average Bonchev–Trinajstić information content (AvgIpc) is 2.88. The van der Waals surface area contributed by atoms with Gasteiger partial charge in [-0.3, -0.25) is 9.52 Å². The lowest BCUT2D eigenvalue weighted by Gasteiger charge is -2.33. The van der Waals surface area contributed by atoms with Crippen molar-refractivity contribution in [2.45, 2.75) is 52.4 Å². The van der Waals surface area contributed by atoms with Gasteiger partial charge in [-0.15, -0.1) is 0 Å². The van der Waals surface area contributed by atoms with E-state index in [-0.39, 0.29) is 43.4 Å². The Morgan fingerprint density at radius 1 is 1.05 bits per heavy atom. The Bertz CT molecular complexity index is 1380. The molecule has 2 fully saturated rings. The highest BCUT2D eigenvalue weighted by molar-refractivity contribution is 7.92. The molecule has 218 valence electrons. The number of aromatic nitrogens is 2. The average molecular weight is 579 g/mol. The summed E-state index contributed by atoms with van der Waals surface area (Å²) in [6, 6.07) is 6.30. The first-order chi connectivity index (χ1) is 18.9. The van der Waals surface area contributed by atoms with Crippen LogP contribution in [0.4, 0.5) is 31.9 Å². The number of rotatable bonds is 8. The minimum atomic E-state index is -3.76. The summed E-state index contributed by atoms with van der Waals surface area (Å²) in [5, 5.41) is 11.9. The van der Waals surface area contributed by atoms with Crippen molar-refractivity contribution >= 4 is 39.1 Å². The van der Waals surface area contributed by atoms with Crippen molar-refractivity contribution in [3.63, 3.8) is 0 Å². The number of sulfonamides is 1. The lowest BCUT2D eigenvalue weighted by molar-refractivity contribution is -0.0222. The quantitative estimate of drug-likeness (QED) is 0.402. The van der Waals surface area contributed by atoms with Crippen LogP contribution < -0.4 is 19.8 Å². The van der Waals surface area contributed by atoms with Gasteiger partial charge < -0.3 is 20.2 Å². The first-order valence-corrected chi connectivity index (χ1v) is 15.0. The smallest absolute Gasteiger partial charge is 0.258 e. The molecule has 40 heavy (non-hydrogen) atoms. The first-order valence-electron chi connectivity index (χ1n) is 13.3. The van der Waals surface area contributed by atoms with Crippen LogP contribution in [0.3, 0.4) is 0 Å². The predicted octanol–water partition coefficient (Wildman–Crippen LogP) is 3.94. The van der Waals surface area contributed by atoms with E-state index in [1.165, 1.54) is 17.2 Å². The third kappa shape index (κ3) is 7.45. The number of carbonyl (C=O) groups excluding carboxylic acids is 1. The fourth-order valence-corrected chi connectivity index (χ4v) is 5.72. The van der Waals surface area contributed by atoms with Crippen LogP contribution in [0, 0.1) is 6.92 Å². The van der Waals surface area contributed by atoms with Crippen LogP contribution in [-0.4, -0.2) is 73.9 Å². The number of amides is 1. The van der Waals surface area contributed by atoms with E-state index in [1.54, 1.807) is 30.0 Å². The number of aliphatic hydroxyl groups excluding tert-OH is 1. The molecule has 0 saturated carbocycles. The molecule has 0 unspecified atom stereocenters. The zero-order valence-corrected chi connectivity index (χ0v) is 23.8. The Hall–Kier alpha value is -3.32. The van der Waals surface area contributed by atoms with Crippen molar-refractivity contribution in [1.29, 1.82) is 0 Å². The van der Waals surface area contributed by atoms with E-state index in [0.717, 1.165) is 12.8 Å². The second-order valence-corrected chi connectivity index (χ2v) is 12.3. The van der Waals surface area contributed by atoms with Crippen LogP contribution in [0.5, 0.6) is 0 Å². The number of hydrogen-bond acceptors (Lipinski definition) is 8. The molecule has 2 aromatic rings. The highest BCUT2D eigenvalue weighted by atomic mass is 32.2.